The van der Waals surface area contributed by atoms with Gasteiger partial charge in [0.25, 0.3) is 0 Å². The molecule has 0 radical (unpaired) electrons. The largest absolute Gasteiger partial charge is 0.392 e. The number of fused-ring (bicyclic) bond motifs is 3. The van der Waals surface area contributed by atoms with Crippen molar-refractivity contribution in [3.8, 4) is 0 Å². The molecule has 1 spiro atoms. The van der Waals surface area contributed by atoms with Crippen molar-refractivity contribution >= 4 is 0 Å². The van der Waals surface area contributed by atoms with Crippen molar-refractivity contribution in [1.29, 1.82) is 0 Å². The van der Waals surface area contributed by atoms with Crippen LogP contribution in [0, 0.1) is 34.0 Å². The summed E-state index contributed by atoms with van der Waals surface area (Å²) in [6.45, 7) is 8.00. The summed E-state index contributed by atoms with van der Waals surface area (Å²) in [6, 6.07) is 0. The van der Waals surface area contributed by atoms with Gasteiger partial charge in [-0.3, -0.25) is 0 Å². The van der Waals surface area contributed by atoms with Crippen molar-refractivity contribution in [3.05, 3.63) is 11.6 Å². The normalized spacial score (nSPS) is 51.0. The smallest absolute Gasteiger partial charge is 0.0644 e. The van der Waals surface area contributed by atoms with Gasteiger partial charge in [-0.2, -0.15) is 0 Å². The first kappa shape index (κ1) is 14.3. The summed E-state index contributed by atoms with van der Waals surface area (Å²) in [4.78, 5) is 0. The molecular weight excluding hydrogens is 256 g/mol. The van der Waals surface area contributed by atoms with Crippen LogP contribution in [0.5, 0.6) is 0 Å². The van der Waals surface area contributed by atoms with Gasteiger partial charge in [0, 0.05) is 0 Å². The Bertz CT molecular complexity index is 476. The minimum absolute atomic E-state index is 0.310. The van der Waals surface area contributed by atoms with Crippen LogP contribution in [0.25, 0.3) is 0 Å². The van der Waals surface area contributed by atoms with Crippen LogP contribution < -0.4 is 0 Å². The van der Waals surface area contributed by atoms with Crippen LogP contribution in [0.15, 0.2) is 11.6 Å². The molecule has 118 valence electrons. The van der Waals surface area contributed by atoms with E-state index in [4.69, 9.17) is 0 Å². The highest BCUT2D eigenvalue weighted by Gasteiger charge is 2.61. The first-order valence-electron chi connectivity index (χ1n) is 9.24. The molecule has 21 heavy (non-hydrogen) atoms. The Morgan fingerprint density at radius 1 is 1.05 bits per heavy atom. The molecule has 2 bridgehead atoms. The van der Waals surface area contributed by atoms with Gasteiger partial charge in [0.05, 0.1) is 6.61 Å². The third kappa shape index (κ3) is 1.79. The molecule has 0 amide bonds. The highest BCUT2D eigenvalue weighted by atomic mass is 16.3. The molecule has 1 nitrogen and oxygen atoms in total. The zero-order valence-electron chi connectivity index (χ0n) is 14.1. The summed E-state index contributed by atoms with van der Waals surface area (Å²) in [6.07, 6.45) is 13.8. The molecule has 0 saturated heterocycles. The van der Waals surface area contributed by atoms with E-state index in [9.17, 15) is 5.11 Å². The molecule has 4 aliphatic carbocycles. The molecule has 0 aliphatic heterocycles. The van der Waals surface area contributed by atoms with Gasteiger partial charge >= 0.3 is 0 Å². The van der Waals surface area contributed by atoms with Gasteiger partial charge in [0.2, 0.25) is 0 Å². The predicted molar refractivity (Wildman–Crippen MR) is 86.9 cm³/mol. The van der Waals surface area contributed by atoms with Gasteiger partial charge in [-0.05, 0) is 84.5 Å². The molecule has 0 aromatic carbocycles. The second-order valence-corrected chi connectivity index (χ2v) is 9.58. The summed E-state index contributed by atoms with van der Waals surface area (Å²) in [5.74, 6) is 2.50. The summed E-state index contributed by atoms with van der Waals surface area (Å²) in [7, 11) is 0. The van der Waals surface area contributed by atoms with Gasteiger partial charge in [0.15, 0.2) is 0 Å². The van der Waals surface area contributed by atoms with Gasteiger partial charge in [-0.25, -0.2) is 0 Å². The highest BCUT2D eigenvalue weighted by molar-refractivity contribution is 5.28. The summed E-state index contributed by atoms with van der Waals surface area (Å²) in [5, 5.41) is 9.71. The third-order valence-electron chi connectivity index (χ3n) is 8.27. The summed E-state index contributed by atoms with van der Waals surface area (Å²) >= 11 is 0. The van der Waals surface area contributed by atoms with Crippen molar-refractivity contribution in [2.45, 2.75) is 72.1 Å². The fourth-order valence-electron chi connectivity index (χ4n) is 7.55. The maximum Gasteiger partial charge on any atom is 0.0644 e. The minimum Gasteiger partial charge on any atom is -0.392 e. The van der Waals surface area contributed by atoms with Crippen LogP contribution in [0.2, 0.25) is 0 Å². The predicted octanol–water partition coefficient (Wildman–Crippen LogP) is 4.95. The quantitative estimate of drug-likeness (QED) is 0.677. The Balaban J connectivity index is 1.74. The molecule has 4 aliphatic rings. The highest BCUT2D eigenvalue weighted by Crippen LogP contribution is 2.70. The van der Waals surface area contributed by atoms with Crippen LogP contribution in [-0.4, -0.2) is 11.7 Å². The maximum absolute atomic E-state index is 9.71. The topological polar surface area (TPSA) is 20.2 Å². The first-order chi connectivity index (χ1) is 9.91. The van der Waals surface area contributed by atoms with E-state index in [2.05, 4.69) is 26.8 Å². The fourth-order valence-corrected chi connectivity index (χ4v) is 7.55. The second-order valence-electron chi connectivity index (χ2n) is 9.58. The molecule has 3 saturated carbocycles. The van der Waals surface area contributed by atoms with Crippen LogP contribution in [0.3, 0.4) is 0 Å². The number of rotatable bonds is 1. The van der Waals surface area contributed by atoms with E-state index in [1.54, 1.807) is 0 Å². The van der Waals surface area contributed by atoms with Crippen molar-refractivity contribution in [2.75, 3.05) is 6.61 Å². The van der Waals surface area contributed by atoms with E-state index in [0.717, 1.165) is 11.8 Å². The molecule has 0 aromatic heterocycles. The average Bonchev–Trinajstić information content (AvgIpc) is 2.68. The molecule has 0 heterocycles. The molecule has 1 N–H and O–H groups in total. The Morgan fingerprint density at radius 2 is 1.86 bits per heavy atom. The van der Waals surface area contributed by atoms with E-state index < -0.39 is 0 Å². The lowest BCUT2D eigenvalue weighted by molar-refractivity contribution is -0.133. The van der Waals surface area contributed by atoms with Gasteiger partial charge in [-0.1, -0.05) is 33.3 Å². The molecule has 3 fully saturated rings. The fraction of sp³-hybridized carbons (Fsp3) is 0.900. The van der Waals surface area contributed by atoms with Gasteiger partial charge in [-0.15, -0.1) is 0 Å². The van der Waals surface area contributed by atoms with Crippen LogP contribution >= 0.6 is 0 Å². The maximum atomic E-state index is 9.71. The lowest BCUT2D eigenvalue weighted by Gasteiger charge is -2.63. The Hall–Kier alpha value is -0.300. The number of aliphatic hydroxyl groups excluding tert-OH is 1. The number of allylic oxidation sites excluding steroid dienone is 1. The van der Waals surface area contributed by atoms with E-state index >= 15 is 0 Å². The van der Waals surface area contributed by atoms with Crippen molar-refractivity contribution < 1.29 is 5.11 Å². The number of hydrogen-bond donors (Lipinski definition) is 1. The van der Waals surface area contributed by atoms with Crippen molar-refractivity contribution in [3.63, 3.8) is 0 Å². The molecule has 0 unspecified atom stereocenters. The SMILES string of the molecule is CC1(C)CCC[C@]2(C)[C@H]1CC[C@]13C=C(CO)[C@H](CC[C@@H]12)C3. The minimum atomic E-state index is 0.310. The molecule has 0 aromatic rings. The molecule has 1 heteroatoms. The lowest BCUT2D eigenvalue weighted by Crippen LogP contribution is -2.55. The van der Waals surface area contributed by atoms with E-state index in [-0.39, 0.29) is 0 Å². The summed E-state index contributed by atoms with van der Waals surface area (Å²) in [5.41, 5.74) is 2.93. The van der Waals surface area contributed by atoms with Crippen LogP contribution in [0.1, 0.15) is 72.1 Å². The standard InChI is InChI=1S/C20H32O/c1-18(2)8-4-9-19(3)16(18)7-10-20-11-14(5-6-17(19)20)15(12-20)13-21/h12,14,16-17,21H,4-11,13H2,1-3H3/t14-,16+,17-,19-,20+/m1/s1. The Labute approximate surface area is 130 Å². The Kier molecular flexibility index (Phi) is 2.98. The zero-order chi connectivity index (χ0) is 14.9. The molecular formula is C20H32O. The Morgan fingerprint density at radius 3 is 2.62 bits per heavy atom. The summed E-state index contributed by atoms with van der Waals surface area (Å²) < 4.78 is 0. The van der Waals surface area contributed by atoms with E-state index in [1.807, 2.05) is 0 Å². The third-order valence-corrected chi connectivity index (χ3v) is 8.27. The first-order valence-corrected chi connectivity index (χ1v) is 9.24. The lowest BCUT2D eigenvalue weighted by atomic mass is 9.41. The number of hydrogen-bond acceptors (Lipinski definition) is 1. The van der Waals surface area contributed by atoms with Gasteiger partial charge < -0.3 is 5.11 Å². The van der Waals surface area contributed by atoms with Crippen LogP contribution in [0.4, 0.5) is 0 Å². The van der Waals surface area contributed by atoms with E-state index in [1.165, 1.54) is 56.9 Å². The van der Waals surface area contributed by atoms with E-state index in [0.29, 0.717) is 28.8 Å². The number of aliphatic hydroxyl groups is 1. The average molecular weight is 288 g/mol. The van der Waals surface area contributed by atoms with Crippen LogP contribution in [-0.2, 0) is 0 Å². The van der Waals surface area contributed by atoms with Gasteiger partial charge in [0.1, 0.15) is 0 Å². The monoisotopic (exact) mass is 288 g/mol. The molecule has 4 rings (SSSR count). The second kappa shape index (κ2) is 4.37. The molecule has 5 atom stereocenters. The van der Waals surface area contributed by atoms with Crippen molar-refractivity contribution in [1.82, 2.24) is 0 Å². The van der Waals surface area contributed by atoms with Crippen molar-refractivity contribution in [2.24, 2.45) is 34.0 Å². The zero-order valence-corrected chi connectivity index (χ0v) is 14.1.